The predicted molar refractivity (Wildman–Crippen MR) is 58.3 cm³/mol. The monoisotopic (exact) mass is 224 g/mol. The summed E-state index contributed by atoms with van der Waals surface area (Å²) in [6.07, 6.45) is 0.378. The van der Waals surface area contributed by atoms with Crippen LogP contribution in [0.3, 0.4) is 0 Å². The van der Waals surface area contributed by atoms with Crippen molar-refractivity contribution in [1.29, 1.82) is 0 Å². The minimum Gasteiger partial charge on any atom is -0.458 e. The van der Waals surface area contributed by atoms with Gasteiger partial charge in [-0.15, -0.1) is 0 Å². The second-order valence-electron chi connectivity index (χ2n) is 3.70. The number of hydrogen-bond donors (Lipinski definition) is 1. The Balaban J connectivity index is 2.58. The third-order valence-electron chi connectivity index (χ3n) is 2.33. The zero-order chi connectivity index (χ0) is 12.1. The molecule has 1 atom stereocenters. The zero-order valence-electron chi connectivity index (χ0n) is 9.53. The summed E-state index contributed by atoms with van der Waals surface area (Å²) in [5.41, 5.74) is 0. The molecule has 0 aromatic carbocycles. The average Bonchev–Trinajstić information content (AvgIpc) is 2.73. The van der Waals surface area contributed by atoms with Gasteiger partial charge in [-0.2, -0.15) is 0 Å². The molecule has 0 radical (unpaired) electrons. The summed E-state index contributed by atoms with van der Waals surface area (Å²) in [7, 11) is 0. The first-order chi connectivity index (χ1) is 7.54. The molecule has 0 aliphatic rings. The summed E-state index contributed by atoms with van der Waals surface area (Å²) in [6.45, 7) is 3.21. The van der Waals surface area contributed by atoms with Gasteiger partial charge in [-0.1, -0.05) is 6.92 Å². The van der Waals surface area contributed by atoms with Crippen LogP contribution in [0.4, 0.5) is 0 Å². The van der Waals surface area contributed by atoms with Crippen molar-refractivity contribution in [3.63, 3.8) is 0 Å². The molecular formula is C12H16O4. The maximum atomic E-state index is 11.3. The Morgan fingerprint density at radius 3 is 2.69 bits per heavy atom. The molecule has 0 fully saturated rings. The molecule has 0 unspecified atom stereocenters. The van der Waals surface area contributed by atoms with Crippen molar-refractivity contribution in [3.8, 4) is 0 Å². The van der Waals surface area contributed by atoms with Crippen LogP contribution in [0.2, 0.25) is 0 Å². The number of aliphatic hydroxyl groups is 1. The van der Waals surface area contributed by atoms with Gasteiger partial charge < -0.3 is 9.52 Å². The van der Waals surface area contributed by atoms with E-state index in [1.54, 1.807) is 6.07 Å². The molecule has 1 heterocycles. The molecule has 0 amide bonds. The molecule has 0 aliphatic carbocycles. The summed E-state index contributed by atoms with van der Waals surface area (Å²) in [6, 6.07) is 3.19. The number of ketones is 2. The first-order valence-corrected chi connectivity index (χ1v) is 5.37. The highest BCUT2D eigenvalue weighted by Crippen LogP contribution is 2.12. The molecule has 4 nitrogen and oxygen atoms in total. The highest BCUT2D eigenvalue weighted by molar-refractivity contribution is 5.96. The normalized spacial score (nSPS) is 12.4. The van der Waals surface area contributed by atoms with Crippen molar-refractivity contribution in [2.24, 2.45) is 0 Å². The van der Waals surface area contributed by atoms with Crippen LogP contribution < -0.4 is 0 Å². The predicted octanol–water partition coefficient (Wildman–Crippen LogP) is 1.75. The van der Waals surface area contributed by atoms with E-state index in [2.05, 4.69) is 0 Å². The fraction of sp³-hybridized carbons (Fsp3) is 0.500. The van der Waals surface area contributed by atoms with Gasteiger partial charge in [-0.05, 0) is 19.1 Å². The van der Waals surface area contributed by atoms with Crippen molar-refractivity contribution in [3.05, 3.63) is 23.7 Å². The van der Waals surface area contributed by atoms with Crippen molar-refractivity contribution in [2.75, 3.05) is 0 Å². The number of aliphatic hydroxyl groups excluding tert-OH is 1. The molecule has 1 rings (SSSR count). The van der Waals surface area contributed by atoms with Gasteiger partial charge >= 0.3 is 0 Å². The number of carbonyl (C=O) groups is 2. The van der Waals surface area contributed by atoms with E-state index >= 15 is 0 Å². The number of hydrogen-bond acceptors (Lipinski definition) is 4. The molecule has 0 aliphatic heterocycles. The minimum atomic E-state index is -1.06. The van der Waals surface area contributed by atoms with E-state index in [1.807, 2.05) is 6.92 Å². The molecule has 1 aromatic heterocycles. The number of carbonyl (C=O) groups excluding carboxylic acids is 2. The van der Waals surface area contributed by atoms with Crippen LogP contribution in [0.15, 0.2) is 16.5 Å². The van der Waals surface area contributed by atoms with E-state index in [9.17, 15) is 9.59 Å². The lowest BCUT2D eigenvalue weighted by Gasteiger charge is -1.99. The number of rotatable bonds is 6. The summed E-state index contributed by atoms with van der Waals surface area (Å²) in [5.74, 6) is 0.479. The van der Waals surface area contributed by atoms with Gasteiger partial charge in [-0.3, -0.25) is 9.59 Å². The Hall–Kier alpha value is -1.42. The Morgan fingerprint density at radius 2 is 2.12 bits per heavy atom. The third kappa shape index (κ3) is 3.31. The molecule has 16 heavy (non-hydrogen) atoms. The van der Waals surface area contributed by atoms with Gasteiger partial charge in [0.25, 0.3) is 0 Å². The highest BCUT2D eigenvalue weighted by Gasteiger charge is 2.16. The van der Waals surface area contributed by atoms with Gasteiger partial charge in [0.05, 0.1) is 0 Å². The largest absolute Gasteiger partial charge is 0.458 e. The maximum absolute atomic E-state index is 11.3. The summed E-state index contributed by atoms with van der Waals surface area (Å²) in [4.78, 5) is 22.4. The van der Waals surface area contributed by atoms with Gasteiger partial charge in [-0.25, -0.2) is 0 Å². The Labute approximate surface area is 94.3 Å². The van der Waals surface area contributed by atoms with Crippen LogP contribution in [-0.4, -0.2) is 22.8 Å². The quantitative estimate of drug-likeness (QED) is 0.747. The van der Waals surface area contributed by atoms with Crippen molar-refractivity contribution in [2.45, 2.75) is 39.2 Å². The minimum absolute atomic E-state index is 0.147. The van der Waals surface area contributed by atoms with Crippen LogP contribution in [0, 0.1) is 0 Å². The van der Waals surface area contributed by atoms with E-state index < -0.39 is 11.9 Å². The molecule has 0 spiro atoms. The Kier molecular flexibility index (Phi) is 4.43. The van der Waals surface area contributed by atoms with Crippen LogP contribution in [0.25, 0.3) is 0 Å². The molecular weight excluding hydrogens is 208 g/mol. The lowest BCUT2D eigenvalue weighted by molar-refractivity contribution is -0.118. The van der Waals surface area contributed by atoms with E-state index in [1.165, 1.54) is 13.0 Å². The third-order valence-corrected chi connectivity index (χ3v) is 2.33. The molecule has 1 aromatic rings. The van der Waals surface area contributed by atoms with E-state index in [0.29, 0.717) is 25.0 Å². The summed E-state index contributed by atoms with van der Waals surface area (Å²) < 4.78 is 5.24. The van der Waals surface area contributed by atoms with Crippen molar-refractivity contribution < 1.29 is 19.1 Å². The number of Topliss-reactive ketones (excluding diaryl/α,β-unsaturated/α-hetero) is 2. The second kappa shape index (κ2) is 5.61. The van der Waals surface area contributed by atoms with Gasteiger partial charge in [0.2, 0.25) is 5.78 Å². The lowest BCUT2D eigenvalue weighted by Crippen LogP contribution is -2.15. The average molecular weight is 224 g/mol. The van der Waals surface area contributed by atoms with Crippen LogP contribution in [0.5, 0.6) is 0 Å². The molecule has 1 N–H and O–H groups in total. The zero-order valence-corrected chi connectivity index (χ0v) is 9.53. The van der Waals surface area contributed by atoms with E-state index in [4.69, 9.17) is 9.52 Å². The van der Waals surface area contributed by atoms with Crippen LogP contribution in [-0.2, 0) is 11.2 Å². The maximum Gasteiger partial charge on any atom is 0.226 e. The SMILES string of the molecule is CCC(=O)CCc1ccc(C(=O)[C@H](C)O)o1. The summed E-state index contributed by atoms with van der Waals surface area (Å²) in [5, 5.41) is 9.08. The lowest BCUT2D eigenvalue weighted by atomic mass is 10.1. The van der Waals surface area contributed by atoms with E-state index in [0.717, 1.165) is 0 Å². The number of aryl methyl sites for hydroxylation is 1. The smallest absolute Gasteiger partial charge is 0.226 e. The molecule has 88 valence electrons. The molecule has 0 saturated carbocycles. The Bertz CT molecular complexity index is 376. The van der Waals surface area contributed by atoms with Gasteiger partial charge in [0.1, 0.15) is 17.6 Å². The van der Waals surface area contributed by atoms with E-state index in [-0.39, 0.29) is 11.5 Å². The van der Waals surface area contributed by atoms with Gasteiger partial charge in [0.15, 0.2) is 5.76 Å². The molecule has 4 heteroatoms. The van der Waals surface area contributed by atoms with Crippen LogP contribution in [0.1, 0.15) is 43.0 Å². The Morgan fingerprint density at radius 1 is 1.44 bits per heavy atom. The molecule has 0 bridgehead atoms. The highest BCUT2D eigenvalue weighted by atomic mass is 16.4. The van der Waals surface area contributed by atoms with Gasteiger partial charge in [0, 0.05) is 19.3 Å². The van der Waals surface area contributed by atoms with Crippen LogP contribution >= 0.6 is 0 Å². The standard InChI is InChI=1S/C12H16O4/c1-3-9(14)4-5-10-6-7-11(16-10)12(15)8(2)13/h6-8,13H,3-5H2,1-2H3/t8-/m0/s1. The number of furan rings is 1. The molecule has 0 saturated heterocycles. The fourth-order valence-corrected chi connectivity index (χ4v) is 1.29. The van der Waals surface area contributed by atoms with Crippen molar-refractivity contribution >= 4 is 11.6 Å². The second-order valence-corrected chi connectivity index (χ2v) is 3.70. The van der Waals surface area contributed by atoms with Crippen molar-refractivity contribution in [1.82, 2.24) is 0 Å². The first kappa shape index (κ1) is 12.6. The first-order valence-electron chi connectivity index (χ1n) is 5.37. The summed E-state index contributed by atoms with van der Waals surface area (Å²) >= 11 is 0. The topological polar surface area (TPSA) is 67.5 Å². The fourth-order valence-electron chi connectivity index (χ4n) is 1.29.